The van der Waals surface area contributed by atoms with Gasteiger partial charge in [-0.15, -0.1) is 5.10 Å². The molecule has 44 heavy (non-hydrogen) atoms. The Bertz CT molecular complexity index is 1810. The molecule has 0 fully saturated rings. The Balaban J connectivity index is 0.00000141. The fourth-order valence-corrected chi connectivity index (χ4v) is 5.11. The van der Waals surface area contributed by atoms with Crippen LogP contribution in [0.5, 0.6) is 0 Å². The second kappa shape index (κ2) is 13.1. The topological polar surface area (TPSA) is 148 Å². The van der Waals surface area contributed by atoms with Crippen LogP contribution in [0.3, 0.4) is 0 Å². The number of nitrogens with one attached hydrogen (secondary N) is 1. The highest BCUT2D eigenvalue weighted by atomic mass is 19.4. The molecule has 2 aromatic carbocycles. The summed E-state index contributed by atoms with van der Waals surface area (Å²) in [5.74, 6) is -0.753. The monoisotopic (exact) mass is 606 g/mol. The van der Waals surface area contributed by atoms with Gasteiger partial charge in [0.1, 0.15) is 6.04 Å². The van der Waals surface area contributed by atoms with Crippen molar-refractivity contribution in [2.45, 2.75) is 32.1 Å². The third-order valence-corrected chi connectivity index (χ3v) is 6.87. The summed E-state index contributed by atoms with van der Waals surface area (Å²) in [5.41, 5.74) is 0.418. The van der Waals surface area contributed by atoms with Gasteiger partial charge < -0.3 is 14.6 Å². The molecule has 4 aromatic rings. The van der Waals surface area contributed by atoms with E-state index in [2.05, 4.69) is 16.3 Å². The summed E-state index contributed by atoms with van der Waals surface area (Å²) in [6, 6.07) is 16.1. The van der Waals surface area contributed by atoms with E-state index in [1.807, 2.05) is 35.2 Å². The van der Waals surface area contributed by atoms with Crippen LogP contribution < -0.4 is 20.3 Å². The van der Waals surface area contributed by atoms with Crippen molar-refractivity contribution in [1.82, 2.24) is 14.8 Å². The molecule has 1 unspecified atom stereocenters. The van der Waals surface area contributed by atoms with E-state index < -0.39 is 35.9 Å². The number of benzene rings is 2. The predicted octanol–water partition coefficient (Wildman–Crippen LogP) is 2.74. The number of ether oxygens (including phenoxy) is 1. The lowest BCUT2D eigenvalue weighted by molar-refractivity contribution is -0.688. The lowest BCUT2D eigenvalue weighted by atomic mass is 9.89. The molecule has 11 nitrogen and oxygen atoms in total. The van der Waals surface area contributed by atoms with Gasteiger partial charge in [-0.25, -0.2) is 23.8 Å². The lowest BCUT2D eigenvalue weighted by Crippen LogP contribution is -2.39. The third kappa shape index (κ3) is 6.07. The fourth-order valence-electron chi connectivity index (χ4n) is 5.11. The first-order valence-corrected chi connectivity index (χ1v) is 13.1. The van der Waals surface area contributed by atoms with Crippen molar-refractivity contribution in [2.75, 3.05) is 12.0 Å². The molecule has 2 aromatic heterocycles. The van der Waals surface area contributed by atoms with E-state index in [1.165, 1.54) is 28.7 Å². The Morgan fingerprint density at radius 2 is 1.89 bits per heavy atom. The number of carboxylic acid groups (broad SMARTS) is 1. The number of aromatic nitrogens is 4. The van der Waals surface area contributed by atoms with E-state index in [1.54, 1.807) is 25.1 Å². The van der Waals surface area contributed by atoms with Crippen molar-refractivity contribution in [3.63, 3.8) is 0 Å². The van der Waals surface area contributed by atoms with Crippen molar-refractivity contribution in [2.24, 2.45) is 0 Å². The molecule has 14 heteroatoms. The molecule has 1 N–H and O–H groups in total. The molecule has 0 aliphatic carbocycles. The minimum Gasteiger partial charge on any atom is -0.554 e. The Kier molecular flexibility index (Phi) is 9.28. The van der Waals surface area contributed by atoms with Crippen molar-refractivity contribution in [3.8, 4) is 6.07 Å². The zero-order valence-corrected chi connectivity index (χ0v) is 23.4. The van der Waals surface area contributed by atoms with Gasteiger partial charge in [0.2, 0.25) is 5.95 Å². The largest absolute Gasteiger partial charge is 0.554 e. The number of halogens is 3. The average molecular weight is 607 g/mol. The highest BCUT2D eigenvalue weighted by molar-refractivity contribution is 5.94. The number of nitriles is 1. The molecular formula is C30H25F3N6O5. The quantitative estimate of drug-likeness (QED) is 0.200. The van der Waals surface area contributed by atoms with Crippen molar-refractivity contribution in [1.29, 1.82) is 5.26 Å². The highest BCUT2D eigenvalue weighted by Crippen LogP contribution is 2.44. The van der Waals surface area contributed by atoms with Crippen molar-refractivity contribution >= 4 is 24.1 Å². The number of carbonyl (C=O) groups is 2. The molecule has 1 aliphatic rings. The zero-order chi connectivity index (χ0) is 32.0. The molecule has 5 rings (SSSR count). The van der Waals surface area contributed by atoms with Gasteiger partial charge in [-0.1, -0.05) is 25.1 Å². The number of alkyl halides is 3. The summed E-state index contributed by atoms with van der Waals surface area (Å²) >= 11 is 0. The summed E-state index contributed by atoms with van der Waals surface area (Å²) in [4.78, 5) is 36.4. The number of rotatable bonds is 6. The third-order valence-electron chi connectivity index (χ3n) is 6.87. The molecule has 0 bridgehead atoms. The maximum atomic E-state index is 13.6. The summed E-state index contributed by atoms with van der Waals surface area (Å²) in [6.07, 6.45) is -0.753. The van der Waals surface area contributed by atoms with Crippen LogP contribution in [0.1, 0.15) is 41.6 Å². The molecule has 0 radical (unpaired) electrons. The first kappa shape index (κ1) is 31.2. The SMILES string of the molecule is CCC1=C(C(=O)OC)C(c2ccc(C#N)cc2C[n+]2ccccc2)n2c(n[nH]c2=O)N1c1cccc(C(F)(F)F)c1.O=C[O-]. The smallest absolute Gasteiger partial charge is 0.416 e. The number of allylic oxidation sites excluding steroid dienone is 1. The first-order chi connectivity index (χ1) is 21.1. The Hall–Kier alpha value is -5.71. The second-order valence-corrected chi connectivity index (χ2v) is 9.36. The van der Waals surface area contributed by atoms with E-state index >= 15 is 0 Å². The van der Waals surface area contributed by atoms with Crippen LogP contribution in [-0.2, 0) is 27.0 Å². The van der Waals surface area contributed by atoms with Gasteiger partial charge in [0.15, 0.2) is 18.9 Å². The number of carbonyl (C=O) groups excluding carboxylic acids is 2. The second-order valence-electron chi connectivity index (χ2n) is 9.36. The van der Waals surface area contributed by atoms with E-state index in [-0.39, 0.29) is 23.6 Å². The Morgan fingerprint density at radius 1 is 1.18 bits per heavy atom. The number of hydrogen-bond donors (Lipinski definition) is 1. The van der Waals surface area contributed by atoms with Gasteiger partial charge >= 0.3 is 17.8 Å². The molecule has 226 valence electrons. The fraction of sp³-hybridized carbons (Fsp3) is 0.200. The minimum absolute atomic E-state index is 0.00602. The normalized spacial score (nSPS) is 14.2. The maximum absolute atomic E-state index is 13.6. The Morgan fingerprint density at radius 3 is 2.50 bits per heavy atom. The van der Waals surface area contributed by atoms with Crippen LogP contribution in [-0.4, -0.2) is 34.3 Å². The number of fused-ring (bicyclic) bond motifs is 1. The van der Waals surface area contributed by atoms with Crippen LogP contribution in [0.4, 0.5) is 24.8 Å². The average Bonchev–Trinajstić information content (AvgIpc) is 3.40. The Labute approximate surface area is 248 Å². The molecular weight excluding hydrogens is 581 g/mol. The number of aromatic amines is 1. The number of hydrogen-bond acceptors (Lipinski definition) is 8. The highest BCUT2D eigenvalue weighted by Gasteiger charge is 2.42. The van der Waals surface area contributed by atoms with E-state index in [0.717, 1.165) is 12.1 Å². The van der Waals surface area contributed by atoms with Crippen LogP contribution in [0.15, 0.2) is 89.1 Å². The van der Waals surface area contributed by atoms with Gasteiger partial charge in [0.05, 0.1) is 29.9 Å². The van der Waals surface area contributed by atoms with Crippen LogP contribution in [0.2, 0.25) is 0 Å². The molecule has 1 atom stereocenters. The van der Waals surface area contributed by atoms with E-state index in [9.17, 15) is 28.0 Å². The molecule has 3 heterocycles. The van der Waals surface area contributed by atoms with Gasteiger partial charge in [-0.2, -0.15) is 18.4 Å². The number of esters is 1. The van der Waals surface area contributed by atoms with Crippen LogP contribution >= 0.6 is 0 Å². The van der Waals surface area contributed by atoms with Gasteiger partial charge in [-0.3, -0.25) is 4.90 Å². The minimum atomic E-state index is -4.62. The van der Waals surface area contributed by atoms with Crippen molar-refractivity contribution in [3.05, 3.63) is 117 Å². The molecule has 0 amide bonds. The molecule has 0 spiro atoms. The molecule has 0 saturated heterocycles. The predicted molar refractivity (Wildman–Crippen MR) is 147 cm³/mol. The lowest BCUT2D eigenvalue weighted by Gasteiger charge is -2.37. The summed E-state index contributed by atoms with van der Waals surface area (Å²) in [7, 11) is 1.20. The number of H-pyrrole nitrogens is 1. The van der Waals surface area contributed by atoms with Crippen LogP contribution in [0, 0.1) is 11.3 Å². The summed E-state index contributed by atoms with van der Waals surface area (Å²) in [6.45, 7) is 1.55. The maximum Gasteiger partial charge on any atom is 0.416 e. The van der Waals surface area contributed by atoms with E-state index in [4.69, 9.17) is 14.6 Å². The van der Waals surface area contributed by atoms with Crippen molar-refractivity contribution < 1.29 is 37.2 Å². The van der Waals surface area contributed by atoms with E-state index in [0.29, 0.717) is 28.9 Å². The van der Waals surface area contributed by atoms with Gasteiger partial charge in [0.25, 0.3) is 0 Å². The summed E-state index contributed by atoms with van der Waals surface area (Å²) < 4.78 is 49.2. The number of pyridine rings is 1. The van der Waals surface area contributed by atoms with Gasteiger partial charge in [0, 0.05) is 35.6 Å². The first-order valence-electron chi connectivity index (χ1n) is 13.1. The number of nitrogens with zero attached hydrogens (tertiary/aromatic N) is 5. The summed E-state index contributed by atoms with van der Waals surface area (Å²) in [5, 5.41) is 24.4. The number of anilines is 2. The van der Waals surface area contributed by atoms with Crippen LogP contribution in [0.25, 0.3) is 0 Å². The standard InChI is InChI=1S/C29H23F3N6O3.CH2O2/c1-3-23-24(26(39)41-2)25(22-11-10-18(16-33)14-19(22)17-36-12-5-4-6-13-36)38-27(34-35-28(38)40)37(23)21-9-7-8-20(15-21)29(30,31)32;2-1-3/h4-15,25H,3,17H2,1-2H3;1H,(H,2,3). The zero-order valence-electron chi connectivity index (χ0n) is 23.4. The number of methoxy groups -OCH3 is 1. The van der Waals surface area contributed by atoms with Gasteiger partial charge in [-0.05, 0) is 42.3 Å². The molecule has 0 saturated carbocycles. The molecule has 1 aliphatic heterocycles.